The molecule has 2 nitrogen and oxygen atoms in total. The third kappa shape index (κ3) is 2.84. The van der Waals surface area contributed by atoms with Crippen LogP contribution in [0, 0.1) is 11.8 Å². The van der Waals surface area contributed by atoms with Gasteiger partial charge in [0.05, 0.1) is 6.20 Å². The van der Waals surface area contributed by atoms with Crippen molar-refractivity contribution in [2.75, 3.05) is 0 Å². The van der Waals surface area contributed by atoms with Crippen molar-refractivity contribution in [2.24, 2.45) is 11.8 Å². The summed E-state index contributed by atoms with van der Waals surface area (Å²) < 4.78 is 5.37. The zero-order valence-electron chi connectivity index (χ0n) is 17.6. The topological polar surface area (TPSA) is 26.0 Å². The van der Waals surface area contributed by atoms with Gasteiger partial charge in [-0.3, -0.25) is 0 Å². The van der Waals surface area contributed by atoms with Crippen LogP contribution in [0.2, 0.25) is 0 Å². The molecule has 0 amide bonds. The SMILES string of the molecule is CCc1cc2c(cc1/C(=C/c1ccno1)C(C)C)C(C)(C)C(C)C2(C)C. The second-order valence-electron chi connectivity index (χ2n) is 9.24. The molecule has 0 radical (unpaired) electrons. The fraction of sp³-hybridized carbons (Fsp3) is 0.542. The third-order valence-electron chi connectivity index (χ3n) is 6.87. The van der Waals surface area contributed by atoms with Gasteiger partial charge in [-0.05, 0) is 63.0 Å². The monoisotopic (exact) mass is 351 g/mol. The van der Waals surface area contributed by atoms with Crippen molar-refractivity contribution in [2.45, 2.75) is 72.6 Å². The van der Waals surface area contributed by atoms with E-state index in [4.69, 9.17) is 4.52 Å². The first-order valence-corrected chi connectivity index (χ1v) is 9.91. The number of aromatic nitrogens is 1. The van der Waals surface area contributed by atoms with E-state index in [1.807, 2.05) is 6.07 Å². The molecule has 0 N–H and O–H groups in total. The zero-order valence-corrected chi connectivity index (χ0v) is 17.6. The van der Waals surface area contributed by atoms with Crippen LogP contribution in [0.15, 0.2) is 28.9 Å². The fourth-order valence-corrected chi connectivity index (χ4v) is 4.65. The van der Waals surface area contributed by atoms with Crippen molar-refractivity contribution in [1.82, 2.24) is 5.16 Å². The fourth-order valence-electron chi connectivity index (χ4n) is 4.65. The Bertz CT molecular complexity index is 822. The predicted molar refractivity (Wildman–Crippen MR) is 110 cm³/mol. The molecule has 0 spiro atoms. The maximum atomic E-state index is 5.37. The molecule has 0 saturated carbocycles. The Morgan fingerprint density at radius 2 is 1.77 bits per heavy atom. The molecule has 140 valence electrons. The average molecular weight is 352 g/mol. The second-order valence-corrected chi connectivity index (χ2v) is 9.24. The normalized spacial score (nSPS) is 21.3. The van der Waals surface area contributed by atoms with E-state index < -0.39 is 0 Å². The summed E-state index contributed by atoms with van der Waals surface area (Å²) in [4.78, 5) is 0. The first kappa shape index (κ1) is 18.9. The Labute approximate surface area is 158 Å². The van der Waals surface area contributed by atoms with Crippen LogP contribution >= 0.6 is 0 Å². The molecule has 1 atom stereocenters. The summed E-state index contributed by atoms with van der Waals surface area (Å²) in [5.74, 6) is 1.84. The Balaban J connectivity index is 2.25. The van der Waals surface area contributed by atoms with Crippen molar-refractivity contribution in [3.63, 3.8) is 0 Å². The molecule has 0 saturated heterocycles. The highest BCUT2D eigenvalue weighted by molar-refractivity contribution is 5.83. The largest absolute Gasteiger partial charge is 0.357 e. The third-order valence-corrected chi connectivity index (χ3v) is 6.87. The summed E-state index contributed by atoms with van der Waals surface area (Å²) in [6.45, 7) is 18.8. The molecule has 1 aromatic heterocycles. The van der Waals surface area contributed by atoms with E-state index in [9.17, 15) is 0 Å². The quantitative estimate of drug-likeness (QED) is 0.617. The maximum absolute atomic E-state index is 5.37. The summed E-state index contributed by atoms with van der Waals surface area (Å²) in [6, 6.07) is 6.88. The van der Waals surface area contributed by atoms with E-state index in [2.05, 4.69) is 78.8 Å². The van der Waals surface area contributed by atoms with E-state index >= 15 is 0 Å². The highest BCUT2D eigenvalue weighted by atomic mass is 16.5. The number of rotatable bonds is 4. The van der Waals surface area contributed by atoms with Crippen molar-refractivity contribution in [3.05, 3.63) is 52.4 Å². The molecule has 0 bridgehead atoms. The molecule has 1 unspecified atom stereocenters. The molecule has 1 heterocycles. The summed E-state index contributed by atoms with van der Waals surface area (Å²) in [5.41, 5.74) is 7.54. The van der Waals surface area contributed by atoms with Crippen LogP contribution in [0.1, 0.15) is 83.4 Å². The Kier molecular flexibility index (Phi) is 4.67. The average Bonchev–Trinajstić information content (AvgIpc) is 3.14. The summed E-state index contributed by atoms with van der Waals surface area (Å²) in [5, 5.41) is 3.86. The van der Waals surface area contributed by atoms with Gasteiger partial charge in [0.2, 0.25) is 0 Å². The second kappa shape index (κ2) is 6.40. The van der Waals surface area contributed by atoms with Crippen LogP contribution in [-0.2, 0) is 17.3 Å². The number of fused-ring (bicyclic) bond motifs is 1. The van der Waals surface area contributed by atoms with Gasteiger partial charge in [-0.1, -0.05) is 72.7 Å². The van der Waals surface area contributed by atoms with E-state index in [0.29, 0.717) is 11.8 Å². The number of benzene rings is 1. The first-order chi connectivity index (χ1) is 12.1. The van der Waals surface area contributed by atoms with Gasteiger partial charge in [0.1, 0.15) is 0 Å². The van der Waals surface area contributed by atoms with Gasteiger partial charge in [-0.15, -0.1) is 0 Å². The molecule has 3 rings (SSSR count). The van der Waals surface area contributed by atoms with Crippen LogP contribution in [0.5, 0.6) is 0 Å². The minimum Gasteiger partial charge on any atom is -0.357 e. The summed E-state index contributed by atoms with van der Waals surface area (Å²) >= 11 is 0. The molecule has 0 fully saturated rings. The van der Waals surface area contributed by atoms with Crippen LogP contribution in [0.4, 0.5) is 0 Å². The van der Waals surface area contributed by atoms with Gasteiger partial charge in [0.15, 0.2) is 5.76 Å². The van der Waals surface area contributed by atoms with Crippen LogP contribution in [-0.4, -0.2) is 5.16 Å². The molecule has 2 heteroatoms. The zero-order chi connectivity index (χ0) is 19.3. The summed E-state index contributed by atoms with van der Waals surface area (Å²) in [7, 11) is 0. The maximum Gasteiger partial charge on any atom is 0.159 e. The number of aryl methyl sites for hydroxylation is 1. The first-order valence-electron chi connectivity index (χ1n) is 9.91. The van der Waals surface area contributed by atoms with Crippen LogP contribution in [0.25, 0.3) is 11.6 Å². The van der Waals surface area contributed by atoms with E-state index in [1.165, 1.54) is 27.8 Å². The van der Waals surface area contributed by atoms with Crippen LogP contribution in [0.3, 0.4) is 0 Å². The molecular formula is C24H33NO. The Morgan fingerprint density at radius 3 is 2.27 bits per heavy atom. The minimum atomic E-state index is 0.175. The van der Waals surface area contributed by atoms with Gasteiger partial charge >= 0.3 is 0 Å². The number of hydrogen-bond donors (Lipinski definition) is 0. The lowest BCUT2D eigenvalue weighted by Gasteiger charge is -2.32. The number of hydrogen-bond acceptors (Lipinski definition) is 2. The Hall–Kier alpha value is -1.83. The van der Waals surface area contributed by atoms with Crippen molar-refractivity contribution >= 4 is 11.6 Å². The lowest BCUT2D eigenvalue weighted by atomic mass is 9.71. The van der Waals surface area contributed by atoms with Gasteiger partial charge < -0.3 is 4.52 Å². The molecule has 26 heavy (non-hydrogen) atoms. The van der Waals surface area contributed by atoms with Crippen molar-refractivity contribution in [1.29, 1.82) is 0 Å². The highest BCUT2D eigenvalue weighted by Crippen LogP contribution is 2.54. The van der Waals surface area contributed by atoms with Gasteiger partial charge in [-0.2, -0.15) is 0 Å². The van der Waals surface area contributed by atoms with E-state index in [0.717, 1.165) is 12.2 Å². The molecule has 1 aliphatic carbocycles. The molecule has 1 aliphatic rings. The smallest absolute Gasteiger partial charge is 0.159 e. The van der Waals surface area contributed by atoms with Crippen molar-refractivity contribution in [3.8, 4) is 0 Å². The minimum absolute atomic E-state index is 0.175. The number of nitrogens with zero attached hydrogens (tertiary/aromatic N) is 1. The van der Waals surface area contributed by atoms with Gasteiger partial charge in [0.25, 0.3) is 0 Å². The molecule has 1 aromatic carbocycles. The van der Waals surface area contributed by atoms with Gasteiger partial charge in [-0.25, -0.2) is 0 Å². The highest BCUT2D eigenvalue weighted by Gasteiger charge is 2.48. The Morgan fingerprint density at radius 1 is 1.15 bits per heavy atom. The van der Waals surface area contributed by atoms with E-state index in [1.54, 1.807) is 6.20 Å². The van der Waals surface area contributed by atoms with Crippen molar-refractivity contribution < 1.29 is 4.52 Å². The number of allylic oxidation sites excluding steroid dienone is 1. The van der Waals surface area contributed by atoms with Crippen LogP contribution < -0.4 is 0 Å². The molecule has 0 aliphatic heterocycles. The standard InChI is InChI=1S/C24H33NO/c1-9-17-12-21-22(24(7,8)16(4)23(21,5)6)14-20(17)19(15(2)3)13-18-10-11-25-26-18/h10-16H,9H2,1-8H3/b19-13+. The van der Waals surface area contributed by atoms with Gasteiger partial charge in [0, 0.05) is 6.07 Å². The summed E-state index contributed by atoms with van der Waals surface area (Å²) in [6.07, 6.45) is 4.91. The lowest BCUT2D eigenvalue weighted by Crippen LogP contribution is -2.30. The van der Waals surface area contributed by atoms with E-state index in [-0.39, 0.29) is 10.8 Å². The lowest BCUT2D eigenvalue weighted by molar-refractivity contribution is 0.264. The predicted octanol–water partition coefficient (Wildman–Crippen LogP) is 6.64. The molecular weight excluding hydrogens is 318 g/mol. The molecule has 2 aromatic rings.